The van der Waals surface area contributed by atoms with Crippen molar-refractivity contribution in [3.63, 3.8) is 0 Å². The number of fused-ring (bicyclic) bond motifs is 4. The van der Waals surface area contributed by atoms with Crippen molar-refractivity contribution in [1.29, 1.82) is 0 Å². The molecule has 0 radical (unpaired) electrons. The zero-order valence-corrected chi connectivity index (χ0v) is 44.7. The maximum Gasteiger partial charge on any atom is 0.410 e. The highest BCUT2D eigenvalue weighted by Crippen LogP contribution is 2.37. The number of aryl methyl sites for hydroxylation is 2. The molecular formula is C52H73N7O12S2. The van der Waals surface area contributed by atoms with Gasteiger partial charge in [0.25, 0.3) is 0 Å². The summed E-state index contributed by atoms with van der Waals surface area (Å²) in [5.74, 6) is -3.45. The van der Waals surface area contributed by atoms with Crippen molar-refractivity contribution in [2.75, 3.05) is 18.6 Å². The number of nitrogens with zero attached hydrogens (tertiary/aromatic N) is 3. The summed E-state index contributed by atoms with van der Waals surface area (Å²) >= 11 is 0. The molecule has 400 valence electrons. The van der Waals surface area contributed by atoms with Gasteiger partial charge in [0, 0.05) is 13.0 Å². The number of carbonyl (C=O) groups is 7. The van der Waals surface area contributed by atoms with E-state index in [9.17, 15) is 50.4 Å². The van der Waals surface area contributed by atoms with Gasteiger partial charge in [-0.3, -0.25) is 33.7 Å². The number of nitrogens with one attached hydrogen (secondary N) is 4. The van der Waals surface area contributed by atoms with Crippen molar-refractivity contribution in [2.24, 2.45) is 5.92 Å². The SMILES string of the molecule is CC[C@@H](C)C(=O)N[C@H]1CCS(=O)(=O)[C@H]2CC[C@@H](C(=O)N[C@@H]3CCCc4ccccc43)N2C1=O.C[C@@H](C(=O)N[C@H]1CCS(=O)(=O)[C@H]2CC[C@@H](C(=O)N[C@@H]3CCCc4ccccc43)N2C1=O)N(C)C(=O)OC(C)(C)C. The predicted octanol–water partition coefficient (Wildman–Crippen LogP) is 3.90. The number of benzene rings is 2. The molecular weight excluding hydrogens is 979 g/mol. The minimum atomic E-state index is -3.73. The van der Waals surface area contributed by atoms with Crippen LogP contribution in [-0.4, -0.2) is 138 Å². The van der Waals surface area contributed by atoms with Gasteiger partial charge < -0.3 is 35.8 Å². The van der Waals surface area contributed by atoms with Crippen molar-refractivity contribution in [3.05, 3.63) is 70.8 Å². The lowest BCUT2D eigenvalue weighted by Gasteiger charge is -2.33. The average Bonchev–Trinajstić information content (AvgIpc) is 3.99. The molecule has 0 bridgehead atoms. The molecule has 4 N–H and O–H groups in total. The third-order valence-electron chi connectivity index (χ3n) is 15.3. The summed E-state index contributed by atoms with van der Waals surface area (Å²) in [6.45, 7) is 10.3. The summed E-state index contributed by atoms with van der Waals surface area (Å²) in [4.78, 5) is 95.5. The largest absolute Gasteiger partial charge is 0.444 e. The standard InChI is InChI=1S/C28H40N4O7S.C24H33N3O5S/c1-17(31(5)27(36)39-28(2,3)4)24(33)30-21-15-16-40(37,38)23-14-13-22(32(23)26(21)35)25(34)29-20-12-8-10-18-9-6-7-11-19(18)20;1-3-15(2)22(28)26-19-13-14-33(31,32)21-12-11-20(27(21)24(19)30)23(29)25-18-10-6-8-16-7-4-5-9-17(16)18/h6-7,9,11,17,20-23H,8,10,12-16H2,1-5H3,(H,29,34)(H,30,33);4-5,7,9,15,18-21H,3,6,8,10-14H2,1-2H3,(H,25,29)(H,26,28)/t17-,20+,21-,22-,23-;15-,18-,19+,20+,21+/m01/s1. The number of ether oxygens (including phenoxy) is 1. The molecule has 4 heterocycles. The Labute approximate surface area is 429 Å². The number of sulfone groups is 2. The molecule has 7 amide bonds. The summed E-state index contributed by atoms with van der Waals surface area (Å²) in [5.41, 5.74) is 3.75. The zero-order valence-electron chi connectivity index (χ0n) is 43.1. The van der Waals surface area contributed by atoms with E-state index in [4.69, 9.17) is 4.74 Å². The first kappa shape index (κ1) is 55.2. The lowest BCUT2D eigenvalue weighted by atomic mass is 9.87. The summed E-state index contributed by atoms with van der Waals surface area (Å²) in [6.07, 6.45) is 6.05. The molecule has 21 heteroatoms. The van der Waals surface area contributed by atoms with Crippen LogP contribution in [0, 0.1) is 5.92 Å². The van der Waals surface area contributed by atoms with Crippen LogP contribution >= 0.6 is 0 Å². The van der Waals surface area contributed by atoms with Crippen LogP contribution in [0.5, 0.6) is 0 Å². The first-order valence-corrected chi connectivity index (χ1v) is 29.3. The van der Waals surface area contributed by atoms with E-state index in [-0.39, 0.29) is 73.4 Å². The Morgan fingerprint density at radius 3 is 1.48 bits per heavy atom. The monoisotopic (exact) mass is 1050 g/mol. The molecule has 10 atom stereocenters. The van der Waals surface area contributed by atoms with Gasteiger partial charge in [-0.2, -0.15) is 0 Å². The molecule has 4 fully saturated rings. The van der Waals surface area contributed by atoms with E-state index in [0.29, 0.717) is 12.8 Å². The van der Waals surface area contributed by atoms with Gasteiger partial charge in [-0.1, -0.05) is 62.4 Å². The van der Waals surface area contributed by atoms with E-state index < -0.39 is 96.0 Å². The Morgan fingerprint density at radius 1 is 0.630 bits per heavy atom. The highest BCUT2D eigenvalue weighted by atomic mass is 32.2. The van der Waals surface area contributed by atoms with Gasteiger partial charge >= 0.3 is 6.09 Å². The van der Waals surface area contributed by atoms with Crippen LogP contribution in [-0.2, 0) is 66.0 Å². The number of likely N-dealkylation sites (N-methyl/N-ethyl adjacent to an activating group) is 1. The average molecular weight is 1050 g/mol. The molecule has 6 aliphatic rings. The van der Waals surface area contributed by atoms with E-state index in [1.807, 2.05) is 49.4 Å². The topological polar surface area (TPSA) is 255 Å². The number of rotatable bonds is 10. The van der Waals surface area contributed by atoms with E-state index in [2.05, 4.69) is 27.3 Å². The molecule has 4 aliphatic heterocycles. The zero-order chi connectivity index (χ0) is 53.2. The molecule has 8 rings (SSSR count). The van der Waals surface area contributed by atoms with Crippen LogP contribution in [0.4, 0.5) is 4.79 Å². The van der Waals surface area contributed by atoms with Crippen molar-refractivity contribution in [2.45, 2.75) is 184 Å². The first-order chi connectivity index (χ1) is 34.4. The summed E-state index contributed by atoms with van der Waals surface area (Å²) in [5, 5.41) is 9.40. The Kier molecular flexibility index (Phi) is 17.0. The fourth-order valence-corrected chi connectivity index (χ4v) is 14.7. The maximum absolute atomic E-state index is 13.7. The van der Waals surface area contributed by atoms with Gasteiger partial charge in [0.1, 0.15) is 46.6 Å². The fraction of sp³-hybridized carbons (Fsp3) is 0.635. The van der Waals surface area contributed by atoms with Gasteiger partial charge in [-0.25, -0.2) is 21.6 Å². The molecule has 0 spiro atoms. The fourth-order valence-electron chi connectivity index (χ4n) is 10.9. The lowest BCUT2D eigenvalue weighted by molar-refractivity contribution is -0.142. The third kappa shape index (κ3) is 12.3. The van der Waals surface area contributed by atoms with Crippen molar-refractivity contribution in [3.8, 4) is 0 Å². The number of carbonyl (C=O) groups excluding carboxylic acids is 7. The Bertz CT molecular complexity index is 2680. The van der Waals surface area contributed by atoms with E-state index >= 15 is 0 Å². The van der Waals surface area contributed by atoms with Crippen LogP contribution in [0.1, 0.15) is 147 Å². The van der Waals surface area contributed by atoms with Crippen molar-refractivity contribution >= 4 is 61.2 Å². The minimum absolute atomic E-state index is 0.0285. The second kappa shape index (κ2) is 22.5. The van der Waals surface area contributed by atoms with Crippen LogP contribution in [0.25, 0.3) is 0 Å². The summed E-state index contributed by atoms with van der Waals surface area (Å²) in [7, 11) is -5.91. The highest BCUT2D eigenvalue weighted by Gasteiger charge is 2.53. The van der Waals surface area contributed by atoms with Gasteiger partial charge in [-0.15, -0.1) is 0 Å². The van der Waals surface area contributed by atoms with Crippen LogP contribution in [0.3, 0.4) is 0 Å². The molecule has 2 aromatic rings. The third-order valence-corrected chi connectivity index (χ3v) is 19.5. The number of amides is 7. The highest BCUT2D eigenvalue weighted by molar-refractivity contribution is 7.92. The van der Waals surface area contributed by atoms with Crippen molar-refractivity contribution in [1.82, 2.24) is 36.0 Å². The molecule has 4 saturated heterocycles. The minimum Gasteiger partial charge on any atom is -0.444 e. The Balaban J connectivity index is 0.000000218. The smallest absolute Gasteiger partial charge is 0.410 e. The first-order valence-electron chi connectivity index (χ1n) is 25.8. The molecule has 0 aromatic heterocycles. The van der Waals surface area contributed by atoms with E-state index in [0.717, 1.165) is 54.6 Å². The molecule has 2 aliphatic carbocycles. The van der Waals surface area contributed by atoms with Gasteiger partial charge in [0.05, 0.1) is 23.6 Å². The second-order valence-corrected chi connectivity index (χ2v) is 26.0. The van der Waals surface area contributed by atoms with Crippen LogP contribution in [0.15, 0.2) is 48.5 Å². The predicted molar refractivity (Wildman–Crippen MR) is 271 cm³/mol. The Morgan fingerprint density at radius 2 is 1.05 bits per heavy atom. The van der Waals surface area contributed by atoms with Crippen molar-refractivity contribution < 1.29 is 55.1 Å². The summed E-state index contributed by atoms with van der Waals surface area (Å²) < 4.78 is 57.5. The van der Waals surface area contributed by atoms with E-state index in [1.165, 1.54) is 34.9 Å². The summed E-state index contributed by atoms with van der Waals surface area (Å²) in [6, 6.07) is 10.7. The number of hydrogen-bond donors (Lipinski definition) is 4. The normalized spacial score (nSPS) is 27.8. The van der Waals surface area contributed by atoms with E-state index in [1.54, 1.807) is 27.7 Å². The molecule has 2 aromatic carbocycles. The van der Waals surface area contributed by atoms with Crippen LogP contribution in [0.2, 0.25) is 0 Å². The van der Waals surface area contributed by atoms with Gasteiger partial charge in [0.2, 0.25) is 35.4 Å². The molecule has 0 saturated carbocycles. The van der Waals surface area contributed by atoms with Gasteiger partial charge in [0.15, 0.2) is 19.7 Å². The quantitative estimate of drug-likeness (QED) is 0.264. The van der Waals surface area contributed by atoms with Crippen LogP contribution < -0.4 is 21.3 Å². The molecule has 19 nitrogen and oxygen atoms in total. The maximum atomic E-state index is 13.7. The van der Waals surface area contributed by atoms with Gasteiger partial charge in [-0.05, 0) is 133 Å². The lowest BCUT2D eigenvalue weighted by Crippen LogP contribution is -2.57. The molecule has 0 unspecified atom stereocenters. The second-order valence-electron chi connectivity index (χ2n) is 21.4. The molecule has 73 heavy (non-hydrogen) atoms. The number of hydrogen-bond acceptors (Lipinski definition) is 12. The Hall–Kier alpha value is -5.57.